The van der Waals surface area contributed by atoms with Gasteiger partial charge in [0, 0.05) is 7.11 Å². The number of benzene rings is 1. The molecule has 6 atom stereocenters. The SMILES string of the molecule is COC(C(=O)NC1CCC(OC(=O)Cc2ccc(Cl)c(Cl)c2)CNC1=O)C(O)C(O)C(O)C=CC(C)(C)C. The molecule has 0 spiro atoms. The molecule has 212 valence electrons. The van der Waals surface area contributed by atoms with E-state index in [4.69, 9.17) is 32.7 Å². The van der Waals surface area contributed by atoms with Gasteiger partial charge in [0.15, 0.2) is 6.10 Å². The van der Waals surface area contributed by atoms with E-state index in [9.17, 15) is 29.7 Å². The highest BCUT2D eigenvalue weighted by Crippen LogP contribution is 2.23. The number of ether oxygens (including phenoxy) is 2. The number of amides is 2. The van der Waals surface area contributed by atoms with Crippen molar-refractivity contribution in [2.75, 3.05) is 13.7 Å². The Kier molecular flexibility index (Phi) is 12.0. The van der Waals surface area contributed by atoms with Crippen LogP contribution in [0.25, 0.3) is 0 Å². The highest BCUT2D eigenvalue weighted by molar-refractivity contribution is 6.42. The van der Waals surface area contributed by atoms with E-state index in [1.165, 1.54) is 6.08 Å². The molecule has 5 N–H and O–H groups in total. The number of halogens is 2. The third-order valence-corrected chi connectivity index (χ3v) is 6.60. The summed E-state index contributed by atoms with van der Waals surface area (Å²) in [4.78, 5) is 37.7. The van der Waals surface area contributed by atoms with Crippen molar-refractivity contribution in [2.24, 2.45) is 5.41 Å². The number of methoxy groups -OCH3 is 1. The molecule has 1 heterocycles. The van der Waals surface area contributed by atoms with E-state index in [-0.39, 0.29) is 31.2 Å². The summed E-state index contributed by atoms with van der Waals surface area (Å²) in [5.41, 5.74) is 0.351. The first-order valence-corrected chi connectivity index (χ1v) is 12.9. The third-order valence-electron chi connectivity index (χ3n) is 5.86. The van der Waals surface area contributed by atoms with Crippen LogP contribution in [0.5, 0.6) is 0 Å². The summed E-state index contributed by atoms with van der Waals surface area (Å²) in [5.74, 6) is -1.86. The number of rotatable bonds is 10. The Balaban J connectivity index is 1.94. The zero-order valence-corrected chi connectivity index (χ0v) is 23.3. The fourth-order valence-corrected chi connectivity index (χ4v) is 4.06. The number of carbonyl (C=O) groups excluding carboxylic acids is 3. The number of esters is 1. The smallest absolute Gasteiger partial charge is 0.310 e. The normalized spacial score (nSPS) is 21.7. The maximum Gasteiger partial charge on any atom is 0.310 e. The second kappa shape index (κ2) is 14.3. The predicted octanol–water partition coefficient (Wildman–Crippen LogP) is 1.54. The van der Waals surface area contributed by atoms with Crippen LogP contribution in [-0.4, -0.2) is 83.3 Å². The third kappa shape index (κ3) is 9.83. The van der Waals surface area contributed by atoms with Crippen molar-refractivity contribution in [2.45, 2.75) is 76.6 Å². The minimum absolute atomic E-state index is 0.0337. The number of hydrogen-bond donors (Lipinski definition) is 5. The molecule has 0 radical (unpaired) electrons. The summed E-state index contributed by atoms with van der Waals surface area (Å²) in [6.07, 6.45) is -3.73. The number of carbonyl (C=O) groups is 3. The summed E-state index contributed by atoms with van der Waals surface area (Å²) < 4.78 is 10.6. The lowest BCUT2D eigenvalue weighted by Crippen LogP contribution is -2.55. The van der Waals surface area contributed by atoms with Gasteiger partial charge < -0.3 is 35.4 Å². The van der Waals surface area contributed by atoms with Crippen LogP contribution in [-0.2, 0) is 30.3 Å². The molecule has 1 aromatic carbocycles. The first-order chi connectivity index (χ1) is 17.7. The van der Waals surface area contributed by atoms with Gasteiger partial charge in [-0.1, -0.05) is 62.2 Å². The largest absolute Gasteiger partial charge is 0.460 e. The van der Waals surface area contributed by atoms with Crippen LogP contribution in [0.2, 0.25) is 10.0 Å². The minimum Gasteiger partial charge on any atom is -0.460 e. The molecule has 1 aromatic rings. The maximum atomic E-state index is 12.8. The van der Waals surface area contributed by atoms with Crippen molar-refractivity contribution < 1.29 is 39.2 Å². The number of nitrogens with one attached hydrogen (secondary N) is 2. The van der Waals surface area contributed by atoms with Gasteiger partial charge in [-0.15, -0.1) is 0 Å². The Hall–Kier alpha value is -2.21. The van der Waals surface area contributed by atoms with Gasteiger partial charge in [-0.05, 0) is 36.0 Å². The quantitative estimate of drug-likeness (QED) is 0.208. The Bertz CT molecular complexity index is 1010. The highest BCUT2D eigenvalue weighted by atomic mass is 35.5. The maximum absolute atomic E-state index is 12.8. The molecule has 38 heavy (non-hydrogen) atoms. The Morgan fingerprint density at radius 2 is 1.84 bits per heavy atom. The van der Waals surface area contributed by atoms with E-state index in [0.29, 0.717) is 15.6 Å². The lowest BCUT2D eigenvalue weighted by Gasteiger charge is -2.28. The summed E-state index contributed by atoms with van der Waals surface area (Å²) in [5, 5.41) is 36.8. The van der Waals surface area contributed by atoms with Gasteiger partial charge >= 0.3 is 5.97 Å². The molecule has 0 aromatic heterocycles. The lowest BCUT2D eigenvalue weighted by molar-refractivity contribution is -0.151. The fourth-order valence-electron chi connectivity index (χ4n) is 3.74. The molecule has 2 rings (SSSR count). The number of hydrogen-bond acceptors (Lipinski definition) is 8. The van der Waals surface area contributed by atoms with Gasteiger partial charge in [0.25, 0.3) is 5.91 Å². The first-order valence-electron chi connectivity index (χ1n) is 12.2. The van der Waals surface area contributed by atoms with Crippen molar-refractivity contribution in [3.63, 3.8) is 0 Å². The highest BCUT2D eigenvalue weighted by Gasteiger charge is 2.37. The van der Waals surface area contributed by atoms with Crippen molar-refractivity contribution in [3.8, 4) is 0 Å². The Morgan fingerprint density at radius 3 is 2.45 bits per heavy atom. The van der Waals surface area contributed by atoms with Crippen LogP contribution in [0.15, 0.2) is 30.4 Å². The monoisotopic (exact) mass is 574 g/mol. The van der Waals surface area contributed by atoms with Crippen LogP contribution >= 0.6 is 23.2 Å². The molecule has 1 saturated heterocycles. The van der Waals surface area contributed by atoms with Crippen molar-refractivity contribution in [3.05, 3.63) is 46.0 Å². The Labute approximate surface area is 232 Å². The number of allylic oxidation sites excluding steroid dienone is 1. The summed E-state index contributed by atoms with van der Waals surface area (Å²) in [6, 6.07) is 3.82. The van der Waals surface area contributed by atoms with Crippen LogP contribution in [0.3, 0.4) is 0 Å². The van der Waals surface area contributed by atoms with Crippen LogP contribution in [0.1, 0.15) is 39.2 Å². The van der Waals surface area contributed by atoms with E-state index in [1.54, 1.807) is 24.3 Å². The standard InChI is InChI=1S/C26H36Cl2N2O8/c1-26(2,3)10-9-19(31)21(33)22(34)23(37-4)25(36)30-18-8-6-15(13-29-24(18)35)38-20(32)12-14-5-7-16(27)17(28)11-14/h5,7,9-11,15,18-19,21-23,31,33-34H,6,8,12-13H2,1-4H3,(H,29,35)(H,30,36). The topological polar surface area (TPSA) is 154 Å². The van der Waals surface area contributed by atoms with Crippen molar-refractivity contribution in [1.82, 2.24) is 10.6 Å². The van der Waals surface area contributed by atoms with E-state index in [2.05, 4.69) is 10.6 Å². The van der Waals surface area contributed by atoms with Gasteiger partial charge in [-0.2, -0.15) is 0 Å². The minimum atomic E-state index is -1.77. The zero-order valence-electron chi connectivity index (χ0n) is 21.8. The predicted molar refractivity (Wildman–Crippen MR) is 142 cm³/mol. The summed E-state index contributed by atoms with van der Waals surface area (Å²) in [7, 11) is 1.16. The zero-order chi connectivity index (χ0) is 28.6. The summed E-state index contributed by atoms with van der Waals surface area (Å²) >= 11 is 11.9. The van der Waals surface area contributed by atoms with Gasteiger partial charge in [0.05, 0.1) is 23.0 Å². The molecular formula is C26H36Cl2N2O8. The molecule has 1 aliphatic heterocycles. The molecule has 2 amide bonds. The van der Waals surface area contributed by atoms with Crippen molar-refractivity contribution in [1.29, 1.82) is 0 Å². The molecule has 12 heteroatoms. The molecule has 1 fully saturated rings. The average molecular weight is 575 g/mol. The molecule has 10 nitrogen and oxygen atoms in total. The van der Waals surface area contributed by atoms with E-state index >= 15 is 0 Å². The molecule has 0 saturated carbocycles. The van der Waals surface area contributed by atoms with E-state index in [1.807, 2.05) is 20.8 Å². The fraction of sp³-hybridized carbons (Fsp3) is 0.577. The second-order valence-electron chi connectivity index (χ2n) is 10.3. The van der Waals surface area contributed by atoms with Crippen LogP contribution < -0.4 is 10.6 Å². The molecule has 0 bridgehead atoms. The van der Waals surface area contributed by atoms with E-state index < -0.39 is 54.3 Å². The number of aliphatic hydroxyl groups is 3. The number of aliphatic hydroxyl groups excluding tert-OH is 3. The summed E-state index contributed by atoms with van der Waals surface area (Å²) in [6.45, 7) is 5.73. The van der Waals surface area contributed by atoms with Gasteiger partial charge in [-0.25, -0.2) is 0 Å². The van der Waals surface area contributed by atoms with E-state index in [0.717, 1.165) is 7.11 Å². The van der Waals surface area contributed by atoms with Gasteiger partial charge in [0.2, 0.25) is 5.91 Å². The first kappa shape index (κ1) is 32.0. The molecule has 1 aliphatic rings. The average Bonchev–Trinajstić information content (AvgIpc) is 3.00. The van der Waals surface area contributed by atoms with Crippen LogP contribution in [0.4, 0.5) is 0 Å². The van der Waals surface area contributed by atoms with Gasteiger partial charge in [-0.3, -0.25) is 14.4 Å². The molecule has 0 aliphatic carbocycles. The second-order valence-corrected chi connectivity index (χ2v) is 11.1. The molecular weight excluding hydrogens is 539 g/mol. The molecule has 6 unspecified atom stereocenters. The van der Waals surface area contributed by atoms with Crippen LogP contribution in [0, 0.1) is 5.41 Å². The Morgan fingerprint density at radius 1 is 1.16 bits per heavy atom. The lowest BCUT2D eigenvalue weighted by atomic mass is 9.94. The van der Waals surface area contributed by atoms with Crippen molar-refractivity contribution >= 4 is 41.0 Å². The van der Waals surface area contributed by atoms with Gasteiger partial charge in [0.1, 0.15) is 30.5 Å².